The predicted octanol–water partition coefficient (Wildman–Crippen LogP) is -10.1. The van der Waals surface area contributed by atoms with E-state index in [1.165, 1.54) is 0 Å². The van der Waals surface area contributed by atoms with E-state index in [-0.39, 0.29) is 6.61 Å². The van der Waals surface area contributed by atoms with Crippen molar-refractivity contribution in [2.45, 2.75) is 223 Å². The van der Waals surface area contributed by atoms with Crippen LogP contribution in [0.5, 0.6) is 0 Å². The number of unbranched alkanes of at least 4 members (excludes halogenated alkanes) is 4. The molecule has 0 saturated carbocycles. The zero-order valence-corrected chi connectivity index (χ0v) is 39.7. The van der Waals surface area contributed by atoms with Gasteiger partial charge in [-0.05, 0) is 6.42 Å². The third-order valence-electron chi connectivity index (χ3n) is 14.2. The molecule has 22 rings (SSSR count). The number of aliphatic hydroxyl groups is 17. The van der Waals surface area contributed by atoms with Crippen LogP contribution in [0.4, 0.5) is 0 Å². The van der Waals surface area contributed by atoms with Gasteiger partial charge in [0.2, 0.25) is 0 Å². The fourth-order valence-electron chi connectivity index (χ4n) is 10.0. The van der Waals surface area contributed by atoms with Gasteiger partial charge in [-0.25, -0.2) is 0 Å². The monoisotopic (exact) mass is 1070 g/mol. The quantitative estimate of drug-likeness (QED) is 0.0762. The van der Waals surface area contributed by atoms with Crippen LogP contribution in [0.2, 0.25) is 0 Å². The van der Waals surface area contributed by atoms with Crippen molar-refractivity contribution < 1.29 is 148 Å². The van der Waals surface area contributed by atoms with E-state index in [4.69, 9.17) is 61.6 Å². The van der Waals surface area contributed by atoms with Crippen molar-refractivity contribution >= 4 is 0 Å². The van der Waals surface area contributed by atoms with Crippen LogP contribution in [-0.4, -0.2) is 317 Å². The molecule has 0 aromatic carbocycles. The van der Waals surface area contributed by atoms with Gasteiger partial charge in [-0.2, -0.15) is 0 Å². The van der Waals surface area contributed by atoms with E-state index in [9.17, 15) is 86.8 Å². The second kappa shape index (κ2) is 26.6. The first-order chi connectivity index (χ1) is 35.0. The summed E-state index contributed by atoms with van der Waals surface area (Å²) in [5.74, 6) is 0. The normalized spacial score (nSPS) is 51.2. The van der Waals surface area contributed by atoms with Crippen LogP contribution in [0.1, 0.15) is 39.0 Å². The van der Waals surface area contributed by atoms with Crippen molar-refractivity contribution in [3.63, 3.8) is 0 Å². The van der Waals surface area contributed by atoms with Crippen LogP contribution in [0.25, 0.3) is 0 Å². The number of ether oxygens (including phenoxy) is 13. The summed E-state index contributed by atoms with van der Waals surface area (Å²) >= 11 is 0. The molecule has 0 amide bonds. The van der Waals surface area contributed by atoms with Crippen molar-refractivity contribution in [1.29, 1.82) is 0 Å². The first kappa shape index (κ1) is 59.5. The second-order valence-electron chi connectivity index (χ2n) is 19.1. The lowest BCUT2D eigenvalue weighted by molar-refractivity contribution is -0.404. The minimum atomic E-state index is -2.14. The molecular weight excluding hydrogens is 996 g/mol. The SMILES string of the molecule is CCCCCCCO[C@@H]1[C@@H](O)[C@H]2O[C@H]3[C@H](O)[C@@H](O)[C@@H](O[C@H]4[C@H](O)[C@@H](O)[C@@H](O[C@H]5[C@H](O)[C@@H](O)[C@@H](O[C@H]6[C@H](O)[C@@H](O)[C@@H](O[C@H]7[C@H](O)[C@@H](O)[C@@H](O[C@H]1[C@@H](CO)O2)O[C@@H]7CO)O[C@@H]6CO)O[C@@H]5CO)O[C@@H]4CO)O[C@@H]3CO. The molecule has 30 atom stereocenters. The molecule has 22 heterocycles. The molecule has 22 aliphatic rings. The molecule has 426 valence electrons. The first-order valence-electron chi connectivity index (χ1n) is 24.6. The molecule has 0 radical (unpaired) electrons. The molecule has 73 heavy (non-hydrogen) atoms. The summed E-state index contributed by atoms with van der Waals surface area (Å²) in [6.07, 6.45) is -52.7. The summed E-state index contributed by atoms with van der Waals surface area (Å²) in [6, 6.07) is 0. The number of rotatable bonds is 13. The maximum atomic E-state index is 11.9. The maximum absolute atomic E-state index is 11.9. The van der Waals surface area contributed by atoms with Gasteiger partial charge in [-0.15, -0.1) is 0 Å². The summed E-state index contributed by atoms with van der Waals surface area (Å²) < 4.78 is 75.9. The first-order valence-corrected chi connectivity index (χ1v) is 24.6. The Labute approximate surface area is 417 Å². The molecule has 0 aromatic heterocycles. The summed E-state index contributed by atoms with van der Waals surface area (Å²) in [5.41, 5.74) is 0. The molecule has 22 aliphatic heterocycles. The van der Waals surface area contributed by atoms with Crippen molar-refractivity contribution in [3.05, 3.63) is 0 Å². The largest absolute Gasteiger partial charge is 0.394 e. The van der Waals surface area contributed by atoms with Gasteiger partial charge >= 0.3 is 0 Å². The number of hydrogen-bond donors (Lipinski definition) is 17. The Morgan fingerprint density at radius 2 is 0.507 bits per heavy atom. The topological polar surface area (TPSA) is 464 Å². The van der Waals surface area contributed by atoms with Gasteiger partial charge < -0.3 is 148 Å². The Bertz CT molecular complexity index is 1630. The third kappa shape index (κ3) is 12.6. The average Bonchev–Trinajstić information content (AvgIpc) is 3.38. The van der Waals surface area contributed by atoms with E-state index < -0.39 is 224 Å². The minimum absolute atomic E-state index is 0.0162. The fourth-order valence-corrected chi connectivity index (χ4v) is 10.0. The molecule has 22 fully saturated rings. The zero-order valence-electron chi connectivity index (χ0n) is 39.7. The predicted molar refractivity (Wildman–Crippen MR) is 228 cm³/mol. The Morgan fingerprint density at radius 1 is 0.274 bits per heavy atom. The van der Waals surface area contributed by atoms with E-state index >= 15 is 0 Å². The van der Waals surface area contributed by atoms with Crippen molar-refractivity contribution in [1.82, 2.24) is 0 Å². The van der Waals surface area contributed by atoms with Gasteiger partial charge in [-0.1, -0.05) is 32.6 Å². The second-order valence-corrected chi connectivity index (χ2v) is 19.1. The van der Waals surface area contributed by atoms with Crippen LogP contribution in [0, 0.1) is 0 Å². The summed E-state index contributed by atoms with van der Waals surface area (Å²) in [6.45, 7) is -3.78. The molecule has 0 spiro atoms. The highest BCUT2D eigenvalue weighted by atomic mass is 16.8. The van der Waals surface area contributed by atoms with Crippen LogP contribution < -0.4 is 0 Å². The Morgan fingerprint density at radius 3 is 0.767 bits per heavy atom. The third-order valence-corrected chi connectivity index (χ3v) is 14.2. The van der Waals surface area contributed by atoms with Gasteiger partial charge in [0.15, 0.2) is 37.7 Å². The lowest BCUT2D eigenvalue weighted by atomic mass is 9.94. The fraction of sp³-hybridized carbons (Fsp3) is 1.00. The highest BCUT2D eigenvalue weighted by molar-refractivity contribution is 5.01. The molecule has 30 heteroatoms. The van der Waals surface area contributed by atoms with Gasteiger partial charge in [0.25, 0.3) is 0 Å². The lowest BCUT2D eigenvalue weighted by Crippen LogP contribution is -2.69. The van der Waals surface area contributed by atoms with Crippen LogP contribution in [0.15, 0.2) is 0 Å². The Balaban J connectivity index is 1.21. The van der Waals surface area contributed by atoms with Crippen LogP contribution in [-0.2, 0) is 61.6 Å². The van der Waals surface area contributed by atoms with Crippen LogP contribution in [0.3, 0.4) is 0 Å². The molecule has 30 nitrogen and oxygen atoms in total. The van der Waals surface area contributed by atoms with E-state index in [1.54, 1.807) is 0 Å². The maximum Gasteiger partial charge on any atom is 0.187 e. The minimum Gasteiger partial charge on any atom is -0.394 e. The van der Waals surface area contributed by atoms with E-state index in [0.717, 1.165) is 19.3 Å². The van der Waals surface area contributed by atoms with Gasteiger partial charge in [0, 0.05) is 6.61 Å². The average molecular weight is 1070 g/mol. The van der Waals surface area contributed by atoms with Gasteiger partial charge in [-0.3, -0.25) is 0 Å². The zero-order chi connectivity index (χ0) is 53.0. The summed E-state index contributed by atoms with van der Waals surface area (Å²) in [4.78, 5) is 0. The molecule has 22 saturated heterocycles. The highest BCUT2D eigenvalue weighted by Crippen LogP contribution is 2.38. The van der Waals surface area contributed by atoms with E-state index in [2.05, 4.69) is 0 Å². The molecule has 0 aliphatic carbocycles. The standard InChI is InChI=1S/C43H74O30/c1-2-3-4-5-6-7-61-37-30(60)43-67-19(13-49)36(37)73-42-29(59)24(54)34(17(11-47)66-42)71-40-27(57)22(52)32(15(9-45)64-40)69-38-25(55)20(50)31(14(8-44)62-38)68-39-26(56)21(51)33(16(10-46)63-39)70-41-28(58)23(53)35(72-43)18(12-48)65-41/h14-60H,2-13H2,1H3/t14-,15-,16-,17-,18-,19-,20-,21-,22-,23-,24-,25-,26-,27-,28-,29-,30-,31-,32-,33-,34-,35-,36+,37-,38-,39-,40-,41-,42-,43-/m1/s1. The molecular formula is C43H74O30. The molecule has 12 bridgehead atoms. The van der Waals surface area contributed by atoms with Gasteiger partial charge in [0.05, 0.1) is 39.6 Å². The summed E-state index contributed by atoms with van der Waals surface area (Å²) in [7, 11) is 0. The van der Waals surface area contributed by atoms with Gasteiger partial charge in [0.1, 0.15) is 146 Å². The smallest absolute Gasteiger partial charge is 0.187 e. The Hall–Kier alpha value is -1.20. The molecule has 17 N–H and O–H groups in total. The number of aliphatic hydroxyl groups excluding tert-OH is 17. The highest BCUT2D eigenvalue weighted by Gasteiger charge is 2.59. The van der Waals surface area contributed by atoms with Crippen molar-refractivity contribution in [2.24, 2.45) is 0 Å². The number of hydrogen-bond acceptors (Lipinski definition) is 30. The summed E-state index contributed by atoms with van der Waals surface area (Å²) in [5, 5.41) is 188. The Kier molecular flexibility index (Phi) is 21.7. The molecule has 0 unspecified atom stereocenters. The van der Waals surface area contributed by atoms with Crippen LogP contribution >= 0.6 is 0 Å². The van der Waals surface area contributed by atoms with Crippen molar-refractivity contribution in [3.8, 4) is 0 Å². The lowest BCUT2D eigenvalue weighted by Gasteiger charge is -2.51. The van der Waals surface area contributed by atoms with Crippen molar-refractivity contribution in [2.75, 3.05) is 46.2 Å². The molecule has 0 aromatic rings. The van der Waals surface area contributed by atoms with E-state index in [0.29, 0.717) is 12.8 Å². The van der Waals surface area contributed by atoms with E-state index in [1.807, 2.05) is 6.92 Å².